The molecule has 5 heterocycles. The molecule has 5 saturated heterocycles. The fourth-order valence-corrected chi connectivity index (χ4v) is 5.21. The zero-order chi connectivity index (χ0) is 23.0. The number of hydrogen-bond donors (Lipinski definition) is 0. The van der Waals surface area contributed by atoms with Crippen molar-refractivity contribution in [1.82, 2.24) is 4.90 Å². The Kier molecular flexibility index (Phi) is 5.32. The first-order chi connectivity index (χ1) is 14.9. The highest BCUT2D eigenvalue weighted by atomic mass is 16.9. The van der Waals surface area contributed by atoms with Gasteiger partial charge >= 0.3 is 6.09 Å². The van der Waals surface area contributed by atoms with E-state index in [0.717, 1.165) is 4.90 Å². The van der Waals surface area contributed by atoms with Crippen molar-refractivity contribution in [2.75, 3.05) is 6.61 Å². The second kappa shape index (κ2) is 7.59. The smallest absolute Gasteiger partial charge is 0.417 e. The molecule has 0 unspecified atom stereocenters. The van der Waals surface area contributed by atoms with Crippen LogP contribution in [0, 0.1) is 0 Å². The minimum Gasteiger partial charge on any atom is -0.441 e. The van der Waals surface area contributed by atoms with E-state index >= 15 is 0 Å². The van der Waals surface area contributed by atoms with Crippen molar-refractivity contribution in [3.05, 3.63) is 0 Å². The minimum absolute atomic E-state index is 0.276. The van der Waals surface area contributed by atoms with Gasteiger partial charge in [-0.05, 0) is 34.6 Å². The first-order valence-electron chi connectivity index (χ1n) is 11.1. The molecule has 0 saturated carbocycles. The molecule has 0 radical (unpaired) electrons. The number of hydrogen-bond acceptors (Lipinski definition) is 10. The van der Waals surface area contributed by atoms with Gasteiger partial charge in [0.05, 0.1) is 18.8 Å². The summed E-state index contributed by atoms with van der Waals surface area (Å²) in [6.45, 7) is 10.8. The minimum atomic E-state index is -0.822. The highest BCUT2D eigenvalue weighted by Crippen LogP contribution is 2.43. The fourth-order valence-electron chi connectivity index (χ4n) is 5.21. The quantitative estimate of drug-likeness (QED) is 0.614. The lowest BCUT2D eigenvalue weighted by molar-refractivity contribution is -0.275. The van der Waals surface area contributed by atoms with E-state index in [1.807, 2.05) is 27.7 Å². The number of nitrogens with zero attached hydrogens (tertiary/aromatic N) is 1. The summed E-state index contributed by atoms with van der Waals surface area (Å²) < 4.78 is 47.7. The lowest BCUT2D eigenvalue weighted by Crippen LogP contribution is -2.54. The van der Waals surface area contributed by atoms with E-state index < -0.39 is 66.8 Å². The summed E-state index contributed by atoms with van der Waals surface area (Å²) in [7, 11) is 0. The summed E-state index contributed by atoms with van der Waals surface area (Å²) in [5.74, 6) is -1.92. The van der Waals surface area contributed by atoms with E-state index in [1.165, 1.54) is 6.92 Å². The molecule has 9 atom stereocenters. The SMILES string of the molecule is CC(=O)N1C(=O)O[C@@H]2[C@H](C)O[C@H](O[C@H]3[C@H]4OC(C)(C)O[C@H]4O[C@@H]3[C@H]3COC(C)(C)O3)C[C@@H]21. The Morgan fingerprint density at radius 1 is 1.03 bits per heavy atom. The van der Waals surface area contributed by atoms with Crippen molar-refractivity contribution in [2.45, 2.75) is 115 Å². The third kappa shape index (κ3) is 3.83. The summed E-state index contributed by atoms with van der Waals surface area (Å²) in [6, 6.07) is -0.465. The van der Waals surface area contributed by atoms with Crippen molar-refractivity contribution in [3.8, 4) is 0 Å². The van der Waals surface area contributed by atoms with E-state index in [9.17, 15) is 9.59 Å². The fraction of sp³-hybridized carbons (Fsp3) is 0.905. The van der Waals surface area contributed by atoms with Crippen LogP contribution in [-0.4, -0.2) is 90.3 Å². The van der Waals surface area contributed by atoms with Gasteiger partial charge < -0.3 is 37.9 Å². The Labute approximate surface area is 186 Å². The summed E-state index contributed by atoms with van der Waals surface area (Å²) in [5, 5.41) is 0. The Hall–Kier alpha value is -1.34. The van der Waals surface area contributed by atoms with E-state index in [4.69, 9.17) is 37.9 Å². The van der Waals surface area contributed by atoms with E-state index in [-0.39, 0.29) is 18.4 Å². The second-order valence-electron chi connectivity index (χ2n) is 9.85. The molecule has 0 N–H and O–H groups in total. The van der Waals surface area contributed by atoms with Crippen LogP contribution in [0.3, 0.4) is 0 Å². The van der Waals surface area contributed by atoms with Crippen molar-refractivity contribution < 1.29 is 47.5 Å². The Bertz CT molecular complexity index is 787. The molecule has 0 aromatic heterocycles. The molecule has 0 spiro atoms. The molecule has 0 aliphatic carbocycles. The number of fused-ring (bicyclic) bond motifs is 2. The largest absolute Gasteiger partial charge is 0.441 e. The molecule has 180 valence electrons. The molecule has 5 fully saturated rings. The average Bonchev–Trinajstić information content (AvgIpc) is 3.36. The van der Waals surface area contributed by atoms with E-state index in [1.54, 1.807) is 6.92 Å². The highest BCUT2D eigenvalue weighted by molar-refractivity contribution is 5.92. The van der Waals surface area contributed by atoms with E-state index in [2.05, 4.69) is 0 Å². The maximum Gasteiger partial charge on any atom is 0.417 e. The van der Waals surface area contributed by atoms with Gasteiger partial charge in [0.2, 0.25) is 5.91 Å². The van der Waals surface area contributed by atoms with Crippen LogP contribution in [0.4, 0.5) is 4.79 Å². The standard InChI is InChI=1S/C21H31NO10/c1-9-14-11(22(10(2)23)19(24)29-14)7-13(26-9)27-16-15(12-8-25-20(3,4)30-12)28-18-17(16)31-21(5,6)32-18/h9,11-18H,7-8H2,1-6H3/t9-,11-,12+,13+,14+,15+,16+,17+,18+/m0/s1. The third-order valence-corrected chi connectivity index (χ3v) is 6.48. The number of amides is 2. The lowest BCUT2D eigenvalue weighted by Gasteiger charge is -2.39. The van der Waals surface area contributed by atoms with Crippen LogP contribution in [0.25, 0.3) is 0 Å². The number of ether oxygens (including phenoxy) is 8. The molecule has 0 bridgehead atoms. The van der Waals surface area contributed by atoms with Crippen LogP contribution in [0.1, 0.15) is 48.0 Å². The Morgan fingerprint density at radius 3 is 2.44 bits per heavy atom. The summed E-state index contributed by atoms with van der Waals surface area (Å²) in [6.07, 6.45) is -4.65. The van der Waals surface area contributed by atoms with Crippen LogP contribution in [-0.2, 0) is 42.7 Å². The van der Waals surface area contributed by atoms with Gasteiger partial charge in [0.25, 0.3) is 0 Å². The normalized spacial score (nSPS) is 46.8. The van der Waals surface area contributed by atoms with Gasteiger partial charge in [0.1, 0.15) is 24.4 Å². The van der Waals surface area contributed by atoms with Gasteiger partial charge in [-0.1, -0.05) is 0 Å². The summed E-state index contributed by atoms with van der Waals surface area (Å²) in [4.78, 5) is 25.4. The van der Waals surface area contributed by atoms with Gasteiger partial charge in [-0.25, -0.2) is 9.69 Å². The average molecular weight is 457 g/mol. The number of rotatable bonds is 3. The molecule has 0 aromatic carbocycles. The highest BCUT2D eigenvalue weighted by Gasteiger charge is 2.60. The van der Waals surface area contributed by atoms with Gasteiger partial charge in [-0.2, -0.15) is 0 Å². The molecule has 5 aliphatic heterocycles. The van der Waals surface area contributed by atoms with Crippen molar-refractivity contribution in [3.63, 3.8) is 0 Å². The van der Waals surface area contributed by atoms with Gasteiger partial charge in [0, 0.05) is 13.3 Å². The monoisotopic (exact) mass is 457 g/mol. The number of imide groups is 1. The van der Waals surface area contributed by atoms with Gasteiger partial charge in [0.15, 0.2) is 30.3 Å². The van der Waals surface area contributed by atoms with E-state index in [0.29, 0.717) is 6.61 Å². The Balaban J connectivity index is 1.35. The molecule has 0 aromatic rings. The predicted molar refractivity (Wildman–Crippen MR) is 104 cm³/mol. The zero-order valence-corrected chi connectivity index (χ0v) is 19.1. The molecule has 5 rings (SSSR count). The molecule has 32 heavy (non-hydrogen) atoms. The first kappa shape index (κ1) is 22.5. The lowest BCUT2D eigenvalue weighted by atomic mass is 9.98. The molecule has 2 amide bonds. The van der Waals surface area contributed by atoms with Crippen molar-refractivity contribution in [1.29, 1.82) is 0 Å². The van der Waals surface area contributed by atoms with Crippen molar-refractivity contribution >= 4 is 12.0 Å². The third-order valence-electron chi connectivity index (χ3n) is 6.48. The van der Waals surface area contributed by atoms with Crippen LogP contribution in [0.15, 0.2) is 0 Å². The molecule has 11 nitrogen and oxygen atoms in total. The first-order valence-corrected chi connectivity index (χ1v) is 11.1. The molecular formula is C21H31NO10. The van der Waals surface area contributed by atoms with Crippen LogP contribution < -0.4 is 0 Å². The molecular weight excluding hydrogens is 426 g/mol. The van der Waals surface area contributed by atoms with Gasteiger partial charge in [-0.3, -0.25) is 4.79 Å². The van der Waals surface area contributed by atoms with Crippen LogP contribution >= 0.6 is 0 Å². The maximum atomic E-state index is 12.2. The predicted octanol–water partition coefficient (Wildman–Crippen LogP) is 1.27. The van der Waals surface area contributed by atoms with Gasteiger partial charge in [-0.15, -0.1) is 0 Å². The summed E-state index contributed by atoms with van der Waals surface area (Å²) in [5.41, 5.74) is 0. The zero-order valence-electron chi connectivity index (χ0n) is 19.1. The topological polar surface area (TPSA) is 111 Å². The number of carbonyl (C=O) groups is 2. The molecule has 11 heteroatoms. The number of carbonyl (C=O) groups excluding carboxylic acids is 2. The Morgan fingerprint density at radius 2 is 1.78 bits per heavy atom. The van der Waals surface area contributed by atoms with Crippen molar-refractivity contribution in [2.24, 2.45) is 0 Å². The molecule has 5 aliphatic rings. The second-order valence-corrected chi connectivity index (χ2v) is 9.85. The summed E-state index contributed by atoms with van der Waals surface area (Å²) >= 11 is 0. The van der Waals surface area contributed by atoms with Crippen LogP contribution in [0.5, 0.6) is 0 Å². The van der Waals surface area contributed by atoms with Crippen LogP contribution in [0.2, 0.25) is 0 Å². The maximum absolute atomic E-state index is 12.2.